The highest BCUT2D eigenvalue weighted by molar-refractivity contribution is 8.75. The summed E-state index contributed by atoms with van der Waals surface area (Å²) in [5.41, 5.74) is -2.40. The number of hydrogen-bond acceptors (Lipinski definition) is 5. The molecule has 0 unspecified atom stereocenters. The van der Waals surface area contributed by atoms with Crippen LogP contribution in [0.4, 0.5) is 0 Å². The van der Waals surface area contributed by atoms with E-state index in [1.165, 1.54) is 11.4 Å². The fourth-order valence-electron chi connectivity index (χ4n) is 1.22. The fourth-order valence-corrected chi connectivity index (χ4v) is 8.40. The van der Waals surface area contributed by atoms with Crippen LogP contribution in [0.1, 0.15) is 41.5 Å². The molecule has 0 aromatic heterocycles. The molecule has 18 heavy (non-hydrogen) atoms. The summed E-state index contributed by atoms with van der Waals surface area (Å²) in [5.74, 6) is 0. The third-order valence-corrected chi connectivity index (χ3v) is 7.66. The van der Waals surface area contributed by atoms with Gasteiger partial charge in [0.15, 0.2) is 0 Å². The number of rotatable bonds is 7. The quantitative estimate of drug-likeness (QED) is 0.506. The first-order chi connectivity index (χ1) is 8.24. The van der Waals surface area contributed by atoms with Gasteiger partial charge in [0.05, 0.1) is 12.2 Å². The van der Waals surface area contributed by atoms with Crippen LogP contribution in [-0.4, -0.2) is 34.5 Å². The maximum Gasteiger partial charge on any atom is 0.254 e. The highest BCUT2D eigenvalue weighted by atomic mass is 32.9. The number of thiocarbonyl (C=S) groups is 1. The zero-order valence-electron chi connectivity index (χ0n) is 12.0. The maximum atomic E-state index is 5.81. The lowest BCUT2D eigenvalue weighted by atomic mass is 10.5. The topological polar surface area (TPSA) is 21.7 Å². The second kappa shape index (κ2) is 8.88. The van der Waals surface area contributed by atoms with Crippen molar-refractivity contribution in [2.45, 2.75) is 53.8 Å². The minimum Gasteiger partial charge on any atom is -0.358 e. The van der Waals surface area contributed by atoms with Crippen LogP contribution in [0.25, 0.3) is 0 Å². The van der Waals surface area contributed by atoms with Crippen molar-refractivity contribution < 1.29 is 9.05 Å². The monoisotopic (exact) mass is 329 g/mol. The van der Waals surface area contributed by atoms with Crippen molar-refractivity contribution in [1.82, 2.24) is 4.90 Å². The van der Waals surface area contributed by atoms with Gasteiger partial charge in [-0.05, 0) is 64.7 Å². The summed E-state index contributed by atoms with van der Waals surface area (Å²) in [4.78, 5) is 2.09. The fraction of sp³-hybridized carbons (Fsp3) is 0.909. The van der Waals surface area contributed by atoms with Crippen LogP contribution in [-0.2, 0) is 20.9 Å². The molecule has 0 fully saturated rings. The highest BCUT2D eigenvalue weighted by Gasteiger charge is 2.27. The summed E-state index contributed by atoms with van der Waals surface area (Å²) < 4.78 is 12.4. The average Bonchev–Trinajstić information content (AvgIpc) is 2.15. The van der Waals surface area contributed by atoms with Gasteiger partial charge >= 0.3 is 0 Å². The first-order valence-corrected chi connectivity index (χ1v) is 10.7. The van der Waals surface area contributed by atoms with Crippen LogP contribution < -0.4 is 0 Å². The van der Waals surface area contributed by atoms with E-state index in [9.17, 15) is 0 Å². The van der Waals surface area contributed by atoms with Gasteiger partial charge in [0, 0.05) is 13.1 Å². The van der Waals surface area contributed by atoms with Crippen LogP contribution >= 0.6 is 29.3 Å². The molecule has 0 aromatic carbocycles. The van der Waals surface area contributed by atoms with Gasteiger partial charge in [-0.25, -0.2) is 0 Å². The number of nitrogens with zero attached hydrogens (tertiary/aromatic N) is 1. The normalized spacial score (nSPS) is 12.2. The molecule has 0 spiro atoms. The van der Waals surface area contributed by atoms with E-state index in [-0.39, 0.29) is 12.2 Å². The summed E-state index contributed by atoms with van der Waals surface area (Å²) in [5, 5.41) is 0. The lowest BCUT2D eigenvalue weighted by Crippen LogP contribution is -2.26. The molecule has 7 heteroatoms. The first-order valence-electron chi connectivity index (χ1n) is 6.19. The highest BCUT2D eigenvalue weighted by Crippen LogP contribution is 2.63. The zero-order chi connectivity index (χ0) is 14.3. The molecule has 0 atom stereocenters. The van der Waals surface area contributed by atoms with Gasteiger partial charge in [0.25, 0.3) is 5.69 Å². The Hall–Kier alpha value is 0.810. The molecule has 0 heterocycles. The van der Waals surface area contributed by atoms with Gasteiger partial charge in [-0.3, -0.25) is 0 Å². The molecule has 0 saturated carbocycles. The lowest BCUT2D eigenvalue weighted by Gasteiger charge is -2.29. The van der Waals surface area contributed by atoms with Crippen LogP contribution in [0.2, 0.25) is 0 Å². The van der Waals surface area contributed by atoms with Crippen molar-refractivity contribution in [3.8, 4) is 0 Å². The van der Waals surface area contributed by atoms with Crippen molar-refractivity contribution in [2.24, 2.45) is 0 Å². The summed E-state index contributed by atoms with van der Waals surface area (Å²) in [6, 6.07) is 0. The Bertz CT molecular complexity index is 293. The molecular weight excluding hydrogens is 305 g/mol. The van der Waals surface area contributed by atoms with E-state index in [4.69, 9.17) is 33.1 Å². The maximum absolute atomic E-state index is 5.81. The molecule has 0 aliphatic heterocycles. The molecule has 0 saturated heterocycles. The molecule has 0 aliphatic carbocycles. The van der Waals surface area contributed by atoms with E-state index in [1.54, 1.807) is 0 Å². The minimum atomic E-state index is -2.40. The van der Waals surface area contributed by atoms with Gasteiger partial charge in [-0.2, -0.15) is 0 Å². The van der Waals surface area contributed by atoms with Gasteiger partial charge < -0.3 is 13.9 Å². The van der Waals surface area contributed by atoms with Crippen LogP contribution in [0.5, 0.6) is 0 Å². The van der Waals surface area contributed by atoms with Crippen LogP contribution in [0, 0.1) is 0 Å². The lowest BCUT2D eigenvalue weighted by molar-refractivity contribution is 0.186. The van der Waals surface area contributed by atoms with Crippen molar-refractivity contribution in [3.05, 3.63) is 0 Å². The second-order valence-corrected chi connectivity index (χ2v) is 10.9. The van der Waals surface area contributed by atoms with E-state index in [0.717, 1.165) is 17.4 Å². The Morgan fingerprint density at radius 1 is 1.11 bits per heavy atom. The summed E-state index contributed by atoms with van der Waals surface area (Å²) in [6.45, 7) is 13.8. The van der Waals surface area contributed by atoms with E-state index in [2.05, 4.69) is 18.7 Å². The van der Waals surface area contributed by atoms with Gasteiger partial charge in [-0.15, -0.1) is 0 Å². The third kappa shape index (κ3) is 7.41. The smallest absolute Gasteiger partial charge is 0.254 e. The summed E-state index contributed by atoms with van der Waals surface area (Å²) in [7, 11) is 0. The van der Waals surface area contributed by atoms with Gasteiger partial charge in [-0.1, -0.05) is 12.2 Å². The van der Waals surface area contributed by atoms with E-state index >= 15 is 0 Å². The van der Waals surface area contributed by atoms with Crippen LogP contribution in [0.15, 0.2) is 0 Å². The molecular formula is C11H24NO2PS3. The molecule has 3 nitrogen and oxygen atoms in total. The summed E-state index contributed by atoms with van der Waals surface area (Å²) in [6.07, 6.45) is 0.0863. The largest absolute Gasteiger partial charge is 0.358 e. The predicted molar refractivity (Wildman–Crippen MR) is 89.8 cm³/mol. The van der Waals surface area contributed by atoms with Crippen molar-refractivity contribution in [3.63, 3.8) is 0 Å². The molecule has 0 amide bonds. The SMILES string of the molecule is CCN(CC)C(=S)SP(=S)(OC(C)C)OC(C)C. The Morgan fingerprint density at radius 3 is 1.78 bits per heavy atom. The molecule has 0 aliphatic rings. The summed E-state index contributed by atoms with van der Waals surface area (Å²) >= 11 is 12.4. The Kier molecular flexibility index (Phi) is 9.28. The average molecular weight is 329 g/mol. The predicted octanol–water partition coefficient (Wildman–Crippen LogP) is 4.42. The standard InChI is InChI=1S/C11H24NO2PS3/c1-7-12(8-2)11(16)18-15(17,13-9(3)4)14-10(5)6/h9-10H,7-8H2,1-6H3. The van der Waals surface area contributed by atoms with Gasteiger partial charge in [0.1, 0.15) is 4.32 Å². The molecule has 0 bridgehead atoms. The Morgan fingerprint density at radius 2 is 1.50 bits per heavy atom. The minimum absolute atomic E-state index is 0.0431. The van der Waals surface area contributed by atoms with Crippen molar-refractivity contribution in [1.29, 1.82) is 0 Å². The van der Waals surface area contributed by atoms with Gasteiger partial charge in [0.2, 0.25) is 0 Å². The second-order valence-electron chi connectivity index (χ2n) is 4.29. The third-order valence-electron chi connectivity index (χ3n) is 1.89. The van der Waals surface area contributed by atoms with Crippen LogP contribution in [0.3, 0.4) is 0 Å². The molecule has 0 rings (SSSR count). The van der Waals surface area contributed by atoms with Crippen molar-refractivity contribution in [2.75, 3.05) is 13.1 Å². The molecule has 0 radical (unpaired) electrons. The molecule has 0 aromatic rings. The first kappa shape index (κ1) is 18.8. The molecule has 0 N–H and O–H groups in total. The van der Waals surface area contributed by atoms with Crippen molar-refractivity contribution >= 4 is 45.4 Å². The molecule has 108 valence electrons. The van der Waals surface area contributed by atoms with E-state index in [0.29, 0.717) is 0 Å². The van der Waals surface area contributed by atoms with E-state index < -0.39 is 5.69 Å². The number of hydrogen-bond donors (Lipinski definition) is 0. The Labute approximate surface area is 126 Å². The van der Waals surface area contributed by atoms with E-state index in [1.807, 2.05) is 27.7 Å². The zero-order valence-corrected chi connectivity index (χ0v) is 15.3. The Balaban J connectivity index is 4.78.